The molecule has 0 aromatic heterocycles. The number of hydrogen-bond acceptors (Lipinski definition) is 8. The number of allylic oxidation sites excluding steroid dienone is 12. The van der Waals surface area contributed by atoms with Gasteiger partial charge in [-0.05, 0) is 64.2 Å². The average molecular weight is 1090 g/mol. The highest BCUT2D eigenvalue weighted by Gasteiger charge is 2.22. The van der Waals surface area contributed by atoms with E-state index < -0.39 is 24.3 Å². The molecular weight excluding hydrogens is 971 g/mol. The number of rotatable bonds is 60. The van der Waals surface area contributed by atoms with Crippen molar-refractivity contribution in [2.75, 3.05) is 47.5 Å². The van der Waals surface area contributed by atoms with E-state index in [2.05, 4.69) is 86.8 Å². The van der Waals surface area contributed by atoms with Crippen molar-refractivity contribution in [3.63, 3.8) is 0 Å². The lowest BCUT2D eigenvalue weighted by molar-refractivity contribution is -0.870. The van der Waals surface area contributed by atoms with Crippen molar-refractivity contribution in [3.05, 3.63) is 72.9 Å². The van der Waals surface area contributed by atoms with E-state index in [0.717, 1.165) is 70.6 Å². The maximum Gasteiger partial charge on any atom is 0.306 e. The summed E-state index contributed by atoms with van der Waals surface area (Å²) in [5.74, 6) is -2.27. The van der Waals surface area contributed by atoms with Gasteiger partial charge < -0.3 is 33.3 Å². The maximum absolute atomic E-state index is 12.9. The van der Waals surface area contributed by atoms with Gasteiger partial charge in [-0.1, -0.05) is 286 Å². The standard InChI is InChI=1S/C69H123NO8/c1-6-8-10-12-14-16-18-20-22-23-24-25-26-27-28-29-30-31-32-33-34-35-36-37-38-39-40-41-42-43-44-45-46-48-50-52-54-56-58-60-67(72)78-65(64-77-69(68(73)74)75-62-61-70(3,4)5)63-76-66(71)59-57-55-53-51-49-47-21-19-17-15-13-11-9-7-2/h8,10,14,16,20,22,24-25,27-28,30-31,65,69H,6-7,9,11-13,15,17-19,21,23,26,29,32-64H2,1-5H3/b10-8-,16-14-,22-20-,25-24-,28-27-,31-30-. The molecule has 0 N–H and O–H groups in total. The maximum atomic E-state index is 12.9. The molecule has 0 saturated carbocycles. The normalized spacial score (nSPS) is 13.2. The zero-order valence-corrected chi connectivity index (χ0v) is 51.5. The third-order valence-corrected chi connectivity index (χ3v) is 14.2. The Labute approximate surface area is 481 Å². The summed E-state index contributed by atoms with van der Waals surface area (Å²) in [5, 5.41) is 11.8. The van der Waals surface area contributed by atoms with E-state index in [1.54, 1.807) is 0 Å². The number of unbranched alkanes of at least 4 members (excludes halogenated alkanes) is 33. The molecule has 2 atom stereocenters. The minimum Gasteiger partial charge on any atom is -0.545 e. The molecule has 0 heterocycles. The number of carbonyl (C=O) groups is 3. The van der Waals surface area contributed by atoms with Crippen molar-refractivity contribution in [1.82, 2.24) is 0 Å². The zero-order chi connectivity index (χ0) is 56.9. The summed E-state index contributed by atoms with van der Waals surface area (Å²) in [6, 6.07) is 0. The molecule has 0 rings (SSSR count). The minimum atomic E-state index is -1.62. The van der Waals surface area contributed by atoms with Crippen molar-refractivity contribution in [1.29, 1.82) is 0 Å². The Kier molecular flexibility index (Phi) is 57.3. The van der Waals surface area contributed by atoms with Crippen LogP contribution in [0, 0.1) is 0 Å². The quantitative estimate of drug-likeness (QED) is 0.0195. The Bertz CT molecular complexity index is 1510. The first-order chi connectivity index (χ1) is 38.1. The number of hydrogen-bond donors (Lipinski definition) is 0. The lowest BCUT2D eigenvalue weighted by atomic mass is 10.0. The van der Waals surface area contributed by atoms with Crippen molar-refractivity contribution >= 4 is 17.9 Å². The van der Waals surface area contributed by atoms with Gasteiger partial charge in [-0.2, -0.15) is 0 Å². The third kappa shape index (κ3) is 60.4. The van der Waals surface area contributed by atoms with E-state index in [0.29, 0.717) is 23.9 Å². The number of carbonyl (C=O) groups excluding carboxylic acids is 3. The monoisotopic (exact) mass is 1090 g/mol. The number of carboxylic acid groups (broad SMARTS) is 1. The highest BCUT2D eigenvalue weighted by Crippen LogP contribution is 2.17. The van der Waals surface area contributed by atoms with Crippen LogP contribution >= 0.6 is 0 Å². The van der Waals surface area contributed by atoms with Crippen LogP contribution in [0.4, 0.5) is 0 Å². The van der Waals surface area contributed by atoms with Gasteiger partial charge in [0.05, 0.1) is 40.3 Å². The van der Waals surface area contributed by atoms with Gasteiger partial charge in [0.1, 0.15) is 13.2 Å². The van der Waals surface area contributed by atoms with Crippen LogP contribution in [-0.2, 0) is 33.3 Å². The Balaban J connectivity index is 3.99. The Morgan fingerprint density at radius 1 is 0.397 bits per heavy atom. The second-order valence-corrected chi connectivity index (χ2v) is 23.0. The van der Waals surface area contributed by atoms with Crippen LogP contribution < -0.4 is 5.11 Å². The van der Waals surface area contributed by atoms with Gasteiger partial charge in [-0.3, -0.25) is 9.59 Å². The topological polar surface area (TPSA) is 111 Å². The first-order valence-corrected chi connectivity index (χ1v) is 32.6. The Morgan fingerprint density at radius 3 is 1.09 bits per heavy atom. The largest absolute Gasteiger partial charge is 0.545 e. The average Bonchev–Trinajstić information content (AvgIpc) is 3.41. The molecule has 0 spiro atoms. The predicted molar refractivity (Wildman–Crippen MR) is 329 cm³/mol. The van der Waals surface area contributed by atoms with Gasteiger partial charge in [-0.15, -0.1) is 0 Å². The molecule has 0 radical (unpaired) electrons. The van der Waals surface area contributed by atoms with Gasteiger partial charge >= 0.3 is 11.9 Å². The first kappa shape index (κ1) is 74.7. The Morgan fingerprint density at radius 2 is 0.731 bits per heavy atom. The molecular formula is C69H123NO8. The van der Waals surface area contributed by atoms with E-state index in [9.17, 15) is 19.5 Å². The van der Waals surface area contributed by atoms with E-state index >= 15 is 0 Å². The summed E-state index contributed by atoms with van der Waals surface area (Å²) in [5.41, 5.74) is 0. The van der Waals surface area contributed by atoms with Crippen molar-refractivity contribution in [2.45, 2.75) is 302 Å². The summed E-state index contributed by atoms with van der Waals surface area (Å²) in [7, 11) is 5.93. The van der Waals surface area contributed by atoms with E-state index in [1.807, 2.05) is 21.1 Å². The Hall–Kier alpha value is -3.27. The first-order valence-electron chi connectivity index (χ1n) is 32.6. The molecule has 9 heteroatoms. The SMILES string of the molecule is CC/C=C\C/C=C\C/C=C\C/C=C\C/C=C\C/C=C\CCCCCCCCCCCCCCCCCCCCCCC(=O)OC(COC(=O)CCCCCCCCCCCCCCCC)COC(OCC[N+](C)(C)C)C(=O)[O-]. The fraction of sp³-hybridized carbons (Fsp3) is 0.783. The van der Waals surface area contributed by atoms with Crippen molar-refractivity contribution in [2.24, 2.45) is 0 Å². The molecule has 0 saturated heterocycles. The molecule has 0 aromatic rings. The summed E-state index contributed by atoms with van der Waals surface area (Å²) < 4.78 is 22.7. The number of carboxylic acids is 1. The summed E-state index contributed by atoms with van der Waals surface area (Å²) in [6.07, 6.45) is 75.5. The molecule has 0 aliphatic rings. The molecule has 78 heavy (non-hydrogen) atoms. The van der Waals surface area contributed by atoms with Gasteiger partial charge in [0, 0.05) is 12.8 Å². The fourth-order valence-corrected chi connectivity index (χ4v) is 9.25. The summed E-state index contributed by atoms with van der Waals surface area (Å²) in [6.45, 7) is 4.66. The minimum absolute atomic E-state index is 0.149. The van der Waals surface area contributed by atoms with Crippen LogP contribution in [-0.4, -0.2) is 82.3 Å². The number of ether oxygens (including phenoxy) is 4. The second-order valence-electron chi connectivity index (χ2n) is 23.0. The van der Waals surface area contributed by atoms with Crippen LogP contribution in [0.2, 0.25) is 0 Å². The summed E-state index contributed by atoms with van der Waals surface area (Å²) in [4.78, 5) is 37.3. The van der Waals surface area contributed by atoms with E-state index in [1.165, 1.54) is 186 Å². The summed E-state index contributed by atoms with van der Waals surface area (Å²) >= 11 is 0. The van der Waals surface area contributed by atoms with Crippen LogP contribution in [0.3, 0.4) is 0 Å². The smallest absolute Gasteiger partial charge is 0.306 e. The molecule has 0 bridgehead atoms. The van der Waals surface area contributed by atoms with Crippen LogP contribution in [0.15, 0.2) is 72.9 Å². The van der Waals surface area contributed by atoms with Gasteiger partial charge in [-0.25, -0.2) is 0 Å². The molecule has 0 amide bonds. The molecule has 9 nitrogen and oxygen atoms in total. The number of nitrogens with zero attached hydrogens (tertiary/aromatic N) is 1. The highest BCUT2D eigenvalue weighted by molar-refractivity contribution is 5.70. The number of esters is 2. The predicted octanol–water partition coefficient (Wildman–Crippen LogP) is 18.4. The molecule has 0 aliphatic carbocycles. The van der Waals surface area contributed by atoms with E-state index in [-0.39, 0.29) is 32.2 Å². The van der Waals surface area contributed by atoms with Crippen molar-refractivity contribution < 1.29 is 42.9 Å². The molecule has 0 aliphatic heterocycles. The van der Waals surface area contributed by atoms with Crippen LogP contribution in [0.1, 0.15) is 290 Å². The lowest BCUT2D eigenvalue weighted by Crippen LogP contribution is -2.44. The number of likely N-dealkylation sites (N-methyl/N-ethyl adjacent to an activating group) is 1. The van der Waals surface area contributed by atoms with Crippen LogP contribution in [0.5, 0.6) is 0 Å². The lowest BCUT2D eigenvalue weighted by Gasteiger charge is -2.26. The van der Waals surface area contributed by atoms with Crippen LogP contribution in [0.25, 0.3) is 0 Å². The third-order valence-electron chi connectivity index (χ3n) is 14.2. The van der Waals surface area contributed by atoms with Crippen molar-refractivity contribution in [3.8, 4) is 0 Å². The zero-order valence-electron chi connectivity index (χ0n) is 51.5. The second kappa shape index (κ2) is 59.8. The molecule has 0 aromatic carbocycles. The number of quaternary nitrogens is 1. The van der Waals surface area contributed by atoms with Gasteiger partial charge in [0.15, 0.2) is 12.4 Å². The molecule has 452 valence electrons. The van der Waals surface area contributed by atoms with Gasteiger partial charge in [0.2, 0.25) is 0 Å². The molecule has 2 unspecified atom stereocenters. The van der Waals surface area contributed by atoms with Gasteiger partial charge in [0.25, 0.3) is 0 Å². The van der Waals surface area contributed by atoms with E-state index in [4.69, 9.17) is 18.9 Å². The number of aliphatic carboxylic acids is 1. The molecule has 0 fully saturated rings. The highest BCUT2D eigenvalue weighted by atomic mass is 16.7. The fourth-order valence-electron chi connectivity index (χ4n) is 9.25.